The van der Waals surface area contributed by atoms with Gasteiger partial charge in [-0.1, -0.05) is 42.5 Å². The zero-order chi connectivity index (χ0) is 19.0. The van der Waals surface area contributed by atoms with Gasteiger partial charge in [-0.05, 0) is 24.6 Å². The molecule has 3 aromatic rings. The molecule has 2 heterocycles. The predicted octanol–water partition coefficient (Wildman–Crippen LogP) is 3.66. The molecule has 2 N–H and O–H groups in total. The molecule has 0 aliphatic carbocycles. The molecule has 0 spiro atoms. The van der Waals surface area contributed by atoms with Gasteiger partial charge in [-0.15, -0.1) is 23.7 Å². The van der Waals surface area contributed by atoms with E-state index in [-0.39, 0.29) is 29.3 Å². The van der Waals surface area contributed by atoms with E-state index in [0.717, 1.165) is 21.8 Å². The lowest BCUT2D eigenvalue weighted by Crippen LogP contribution is -2.32. The number of aromatic nitrogens is 1. The maximum Gasteiger partial charge on any atom is 0.243 e. The van der Waals surface area contributed by atoms with Crippen LogP contribution in [-0.2, 0) is 10.0 Å². The number of hydrogen-bond acceptors (Lipinski definition) is 5. The van der Waals surface area contributed by atoms with Gasteiger partial charge in [-0.3, -0.25) is 0 Å². The second kappa shape index (κ2) is 8.31. The van der Waals surface area contributed by atoms with Crippen molar-refractivity contribution in [1.29, 1.82) is 0 Å². The number of hydrogen-bond donors (Lipinski definition) is 1. The van der Waals surface area contributed by atoms with E-state index in [1.54, 1.807) is 18.2 Å². The highest BCUT2D eigenvalue weighted by atomic mass is 35.5. The summed E-state index contributed by atoms with van der Waals surface area (Å²) in [4.78, 5) is 4.74. The summed E-state index contributed by atoms with van der Waals surface area (Å²) < 4.78 is 27.9. The molecule has 1 aliphatic rings. The van der Waals surface area contributed by atoms with Crippen molar-refractivity contribution in [3.63, 3.8) is 0 Å². The van der Waals surface area contributed by atoms with Gasteiger partial charge in [0.15, 0.2) is 0 Å². The number of nitrogens with two attached hydrogens (primary N) is 1. The molecule has 28 heavy (non-hydrogen) atoms. The van der Waals surface area contributed by atoms with Gasteiger partial charge in [0.05, 0.1) is 4.90 Å². The molecule has 5 nitrogen and oxygen atoms in total. The third-order valence-corrected chi connectivity index (χ3v) is 7.73. The lowest BCUT2D eigenvalue weighted by atomic mass is 9.95. The fourth-order valence-electron chi connectivity index (χ4n) is 3.47. The number of aryl methyl sites for hydroxylation is 1. The molecule has 0 saturated carbocycles. The van der Waals surface area contributed by atoms with Crippen molar-refractivity contribution in [2.75, 3.05) is 13.1 Å². The van der Waals surface area contributed by atoms with Crippen molar-refractivity contribution in [1.82, 2.24) is 9.29 Å². The zero-order valence-corrected chi connectivity index (χ0v) is 17.8. The molecule has 0 unspecified atom stereocenters. The predicted molar refractivity (Wildman–Crippen MR) is 115 cm³/mol. The van der Waals surface area contributed by atoms with Crippen molar-refractivity contribution >= 4 is 33.8 Å². The van der Waals surface area contributed by atoms with Crippen molar-refractivity contribution in [2.24, 2.45) is 5.73 Å². The van der Waals surface area contributed by atoms with Crippen LogP contribution in [0.4, 0.5) is 0 Å². The molecule has 1 aliphatic heterocycles. The maximum absolute atomic E-state index is 13.2. The zero-order valence-electron chi connectivity index (χ0n) is 15.4. The van der Waals surface area contributed by atoms with E-state index in [4.69, 9.17) is 5.73 Å². The Balaban J connectivity index is 0.00000225. The molecular weight excluding hydrogens is 414 g/mol. The summed E-state index contributed by atoms with van der Waals surface area (Å²) in [5.41, 5.74) is 9.11. The maximum atomic E-state index is 13.2. The number of sulfonamides is 1. The van der Waals surface area contributed by atoms with E-state index in [1.165, 1.54) is 15.6 Å². The molecule has 1 fully saturated rings. The lowest BCUT2D eigenvalue weighted by Gasteiger charge is -2.17. The average molecular weight is 436 g/mol. The van der Waals surface area contributed by atoms with Gasteiger partial charge < -0.3 is 5.73 Å². The number of halogens is 1. The van der Waals surface area contributed by atoms with Crippen LogP contribution in [0.2, 0.25) is 0 Å². The van der Waals surface area contributed by atoms with Crippen LogP contribution in [0.1, 0.15) is 17.2 Å². The van der Waals surface area contributed by atoms with Crippen LogP contribution in [0.5, 0.6) is 0 Å². The third-order valence-electron chi connectivity index (χ3n) is 4.90. The standard InChI is InChI=1S/C20H21N3O2S2.ClH/c1-14-13-26-20(22-14)16-8-5-9-17(10-16)27(24,25)23-11-18(19(21)12-23)15-6-3-2-4-7-15;/h2-10,13,18-19H,11-12,21H2,1H3;1H/t18-,19+;/m0./s1. The van der Waals surface area contributed by atoms with Crippen molar-refractivity contribution in [2.45, 2.75) is 23.8 Å². The fourth-order valence-corrected chi connectivity index (χ4v) is 5.81. The Bertz CT molecular complexity index is 1050. The number of benzene rings is 2. The smallest absolute Gasteiger partial charge is 0.243 e. The Morgan fingerprint density at radius 1 is 1.11 bits per heavy atom. The number of rotatable bonds is 4. The van der Waals surface area contributed by atoms with Gasteiger partial charge >= 0.3 is 0 Å². The minimum absolute atomic E-state index is 0. The highest BCUT2D eigenvalue weighted by molar-refractivity contribution is 7.89. The summed E-state index contributed by atoms with van der Waals surface area (Å²) in [6.45, 7) is 2.65. The minimum Gasteiger partial charge on any atom is -0.326 e. The Hall–Kier alpha value is -1.77. The van der Waals surface area contributed by atoms with Gasteiger partial charge in [-0.2, -0.15) is 4.31 Å². The topological polar surface area (TPSA) is 76.3 Å². The first-order chi connectivity index (χ1) is 12.9. The van der Waals surface area contributed by atoms with Gasteiger partial charge in [0.2, 0.25) is 10.0 Å². The molecule has 1 saturated heterocycles. The Morgan fingerprint density at radius 3 is 2.54 bits per heavy atom. The Morgan fingerprint density at radius 2 is 1.86 bits per heavy atom. The van der Waals surface area contributed by atoms with Crippen molar-refractivity contribution in [3.8, 4) is 10.6 Å². The quantitative estimate of drug-likeness (QED) is 0.678. The fraction of sp³-hybridized carbons (Fsp3) is 0.250. The first-order valence-electron chi connectivity index (χ1n) is 8.78. The van der Waals surface area contributed by atoms with E-state index in [2.05, 4.69) is 4.98 Å². The molecule has 2 aromatic carbocycles. The average Bonchev–Trinajstić information content (AvgIpc) is 3.29. The third kappa shape index (κ3) is 3.99. The number of nitrogens with zero attached hydrogens (tertiary/aromatic N) is 2. The highest BCUT2D eigenvalue weighted by Crippen LogP contribution is 2.32. The van der Waals surface area contributed by atoms with Crippen LogP contribution in [0, 0.1) is 6.92 Å². The van der Waals surface area contributed by atoms with Crippen LogP contribution in [0.25, 0.3) is 10.6 Å². The van der Waals surface area contributed by atoms with Gasteiger partial charge in [0, 0.05) is 41.7 Å². The molecule has 0 bridgehead atoms. The van der Waals surface area contributed by atoms with Gasteiger partial charge in [0.1, 0.15) is 5.01 Å². The van der Waals surface area contributed by atoms with Crippen molar-refractivity contribution < 1.29 is 8.42 Å². The summed E-state index contributed by atoms with van der Waals surface area (Å²) in [6, 6.07) is 16.7. The van der Waals surface area contributed by atoms with Crippen molar-refractivity contribution in [3.05, 3.63) is 71.2 Å². The van der Waals surface area contributed by atoms with Crippen LogP contribution in [-0.4, -0.2) is 36.8 Å². The molecule has 2 atom stereocenters. The first kappa shape index (κ1) is 21.0. The van der Waals surface area contributed by atoms with Crippen LogP contribution >= 0.6 is 23.7 Å². The van der Waals surface area contributed by atoms with E-state index in [9.17, 15) is 8.42 Å². The van der Waals surface area contributed by atoms with E-state index < -0.39 is 10.0 Å². The summed E-state index contributed by atoms with van der Waals surface area (Å²) in [7, 11) is -3.61. The Labute approximate surface area is 175 Å². The number of thiazole rings is 1. The highest BCUT2D eigenvalue weighted by Gasteiger charge is 2.38. The summed E-state index contributed by atoms with van der Waals surface area (Å²) in [6.07, 6.45) is 0. The lowest BCUT2D eigenvalue weighted by molar-refractivity contribution is 0.470. The monoisotopic (exact) mass is 435 g/mol. The van der Waals surface area contributed by atoms with Crippen LogP contribution in [0.15, 0.2) is 64.9 Å². The molecule has 0 amide bonds. The van der Waals surface area contributed by atoms with Crippen LogP contribution in [0.3, 0.4) is 0 Å². The second-order valence-electron chi connectivity index (χ2n) is 6.82. The molecule has 0 radical (unpaired) electrons. The summed E-state index contributed by atoms with van der Waals surface area (Å²) in [5, 5.41) is 2.78. The molecule has 4 rings (SSSR count). The van der Waals surface area contributed by atoms with Gasteiger partial charge in [-0.25, -0.2) is 13.4 Å². The van der Waals surface area contributed by atoms with E-state index >= 15 is 0 Å². The normalized spacial score (nSPS) is 20.1. The minimum atomic E-state index is -3.61. The Kier molecular flexibility index (Phi) is 6.21. The molecular formula is C20H22ClN3O2S2. The van der Waals surface area contributed by atoms with E-state index in [1.807, 2.05) is 48.7 Å². The van der Waals surface area contributed by atoms with Gasteiger partial charge in [0.25, 0.3) is 0 Å². The first-order valence-corrected chi connectivity index (χ1v) is 11.1. The van der Waals surface area contributed by atoms with E-state index in [0.29, 0.717) is 13.1 Å². The molecule has 1 aromatic heterocycles. The SMILES string of the molecule is Cc1csc(-c2cccc(S(=O)(=O)N3C[C@@H](N)[C@H](c4ccccc4)C3)c2)n1.Cl. The largest absolute Gasteiger partial charge is 0.326 e. The molecule has 8 heteroatoms. The summed E-state index contributed by atoms with van der Waals surface area (Å²) >= 11 is 1.51. The molecule has 148 valence electrons. The second-order valence-corrected chi connectivity index (χ2v) is 9.62. The summed E-state index contributed by atoms with van der Waals surface area (Å²) in [5.74, 6) is 0.00534. The van der Waals surface area contributed by atoms with Crippen LogP contribution < -0.4 is 5.73 Å².